The topological polar surface area (TPSA) is 96.7 Å². The van der Waals surface area contributed by atoms with Gasteiger partial charge in [-0.15, -0.1) is 21.5 Å². The van der Waals surface area contributed by atoms with Gasteiger partial charge in [-0.3, -0.25) is 9.36 Å². The monoisotopic (exact) mass is 455 g/mol. The number of hydrogen-bond donors (Lipinski definition) is 1. The van der Waals surface area contributed by atoms with Crippen molar-refractivity contribution in [3.63, 3.8) is 0 Å². The SMILES string of the molecule is CC(C)n1c(SCC(=O)Nc2sc3c(c2C#N)CCCCCC3)nnc1-c1ccco1. The van der Waals surface area contributed by atoms with Gasteiger partial charge >= 0.3 is 0 Å². The second-order valence-electron chi connectivity index (χ2n) is 7.82. The standard InChI is InChI=1S/C22H25N5O2S2/c1-14(2)27-20(17-9-7-11-29-17)25-26-22(27)30-13-19(28)24-21-16(12-23)15-8-5-3-4-6-10-18(15)31-21/h7,9,11,14H,3-6,8,10,13H2,1-2H3,(H,24,28). The van der Waals surface area contributed by atoms with Crippen molar-refractivity contribution < 1.29 is 9.21 Å². The molecule has 3 heterocycles. The van der Waals surface area contributed by atoms with Crippen LogP contribution in [0.15, 0.2) is 28.0 Å². The third kappa shape index (κ3) is 4.70. The van der Waals surface area contributed by atoms with Gasteiger partial charge in [-0.2, -0.15) is 5.26 Å². The van der Waals surface area contributed by atoms with Crippen molar-refractivity contribution in [3.8, 4) is 17.7 Å². The van der Waals surface area contributed by atoms with Crippen LogP contribution in [0.25, 0.3) is 11.6 Å². The van der Waals surface area contributed by atoms with E-state index in [0.29, 0.717) is 27.3 Å². The minimum Gasteiger partial charge on any atom is -0.461 e. The molecule has 0 saturated heterocycles. The number of thioether (sulfide) groups is 1. The molecule has 9 heteroatoms. The van der Waals surface area contributed by atoms with Crippen molar-refractivity contribution in [2.75, 3.05) is 11.1 Å². The van der Waals surface area contributed by atoms with E-state index in [-0.39, 0.29) is 17.7 Å². The molecule has 162 valence electrons. The van der Waals surface area contributed by atoms with Crippen molar-refractivity contribution in [2.45, 2.75) is 63.6 Å². The highest BCUT2D eigenvalue weighted by Crippen LogP contribution is 2.37. The van der Waals surface area contributed by atoms with E-state index in [2.05, 4.69) is 21.6 Å². The van der Waals surface area contributed by atoms with Gasteiger partial charge in [-0.05, 0) is 57.2 Å². The number of hydrogen-bond acceptors (Lipinski definition) is 7. The van der Waals surface area contributed by atoms with E-state index in [1.165, 1.54) is 29.5 Å². The van der Waals surface area contributed by atoms with Crippen LogP contribution >= 0.6 is 23.1 Å². The first kappa shape index (κ1) is 21.7. The van der Waals surface area contributed by atoms with Crippen molar-refractivity contribution in [1.82, 2.24) is 14.8 Å². The molecule has 1 aliphatic carbocycles. The fourth-order valence-electron chi connectivity index (χ4n) is 3.83. The summed E-state index contributed by atoms with van der Waals surface area (Å²) < 4.78 is 7.44. The Kier molecular flexibility index (Phi) is 6.78. The van der Waals surface area contributed by atoms with Gasteiger partial charge in [0.1, 0.15) is 11.1 Å². The van der Waals surface area contributed by atoms with Crippen LogP contribution in [0.5, 0.6) is 0 Å². The first-order valence-electron chi connectivity index (χ1n) is 10.5. The van der Waals surface area contributed by atoms with Crippen molar-refractivity contribution in [3.05, 3.63) is 34.4 Å². The summed E-state index contributed by atoms with van der Waals surface area (Å²) in [6.07, 6.45) is 8.20. The highest BCUT2D eigenvalue weighted by atomic mass is 32.2. The number of carbonyl (C=O) groups is 1. The Morgan fingerprint density at radius 1 is 1.32 bits per heavy atom. The largest absolute Gasteiger partial charge is 0.461 e. The first-order valence-corrected chi connectivity index (χ1v) is 12.3. The second kappa shape index (κ2) is 9.71. The molecule has 4 rings (SSSR count). The van der Waals surface area contributed by atoms with E-state index in [1.54, 1.807) is 17.6 Å². The molecule has 0 unspecified atom stereocenters. The number of nitrogens with one attached hydrogen (secondary N) is 1. The van der Waals surface area contributed by atoms with Crippen LogP contribution in [0.1, 0.15) is 61.6 Å². The molecule has 31 heavy (non-hydrogen) atoms. The Hall–Kier alpha value is -2.57. The number of nitrogens with zero attached hydrogens (tertiary/aromatic N) is 4. The quantitative estimate of drug-likeness (QED) is 0.497. The fourth-order valence-corrected chi connectivity index (χ4v) is 5.96. The number of thiophene rings is 1. The first-order chi connectivity index (χ1) is 15.1. The Morgan fingerprint density at radius 2 is 2.13 bits per heavy atom. The Balaban J connectivity index is 1.47. The van der Waals surface area contributed by atoms with Gasteiger partial charge in [0.15, 0.2) is 10.9 Å². The summed E-state index contributed by atoms with van der Waals surface area (Å²) in [4.78, 5) is 14.0. The van der Waals surface area contributed by atoms with Crippen LogP contribution in [-0.2, 0) is 17.6 Å². The van der Waals surface area contributed by atoms with Crippen molar-refractivity contribution in [2.24, 2.45) is 0 Å². The number of carbonyl (C=O) groups excluding carboxylic acids is 1. The number of amides is 1. The zero-order valence-corrected chi connectivity index (χ0v) is 19.3. The molecule has 1 aliphatic rings. The second-order valence-corrected chi connectivity index (χ2v) is 9.87. The van der Waals surface area contributed by atoms with Crippen LogP contribution in [-0.4, -0.2) is 26.4 Å². The smallest absolute Gasteiger partial charge is 0.235 e. The average Bonchev–Trinajstić information content (AvgIpc) is 3.45. The maximum Gasteiger partial charge on any atom is 0.235 e. The number of nitriles is 1. The summed E-state index contributed by atoms with van der Waals surface area (Å²) in [5.74, 6) is 1.34. The number of furan rings is 1. The predicted octanol–water partition coefficient (Wildman–Crippen LogP) is 5.44. The van der Waals surface area contributed by atoms with Crippen LogP contribution < -0.4 is 5.32 Å². The molecule has 3 aromatic heterocycles. The summed E-state index contributed by atoms with van der Waals surface area (Å²) in [7, 11) is 0. The van der Waals surface area contributed by atoms with E-state index in [0.717, 1.165) is 31.2 Å². The molecule has 1 N–H and O–H groups in total. The Bertz CT molecular complexity index is 1090. The molecule has 0 aromatic carbocycles. The van der Waals surface area contributed by atoms with Crippen molar-refractivity contribution >= 4 is 34.0 Å². The van der Waals surface area contributed by atoms with Gasteiger partial charge in [0, 0.05) is 10.9 Å². The fraction of sp³-hybridized carbons (Fsp3) is 0.455. The van der Waals surface area contributed by atoms with Gasteiger partial charge in [0.2, 0.25) is 11.7 Å². The minimum absolute atomic E-state index is 0.114. The lowest BCUT2D eigenvalue weighted by atomic mass is 9.97. The van der Waals surface area contributed by atoms with Crippen LogP contribution in [0.4, 0.5) is 5.00 Å². The van der Waals surface area contributed by atoms with E-state index < -0.39 is 0 Å². The Labute approximate surface area is 189 Å². The molecule has 1 amide bonds. The summed E-state index contributed by atoms with van der Waals surface area (Å²) in [6.45, 7) is 4.08. The summed E-state index contributed by atoms with van der Waals surface area (Å²) in [5.41, 5.74) is 1.78. The lowest BCUT2D eigenvalue weighted by Gasteiger charge is -2.12. The number of anilines is 1. The van der Waals surface area contributed by atoms with E-state index >= 15 is 0 Å². The zero-order chi connectivity index (χ0) is 21.8. The van der Waals surface area contributed by atoms with Crippen LogP contribution in [0.3, 0.4) is 0 Å². The molecule has 0 atom stereocenters. The Morgan fingerprint density at radius 3 is 2.84 bits per heavy atom. The van der Waals surface area contributed by atoms with Crippen LogP contribution in [0, 0.1) is 11.3 Å². The number of fused-ring (bicyclic) bond motifs is 1. The van der Waals surface area contributed by atoms with Gasteiger partial charge in [-0.25, -0.2) is 0 Å². The molecular formula is C22H25N5O2S2. The molecule has 0 aliphatic heterocycles. The van der Waals surface area contributed by atoms with E-state index in [9.17, 15) is 10.1 Å². The molecular weight excluding hydrogens is 430 g/mol. The molecule has 0 spiro atoms. The summed E-state index contributed by atoms with van der Waals surface area (Å²) in [5, 5.41) is 22.5. The minimum atomic E-state index is -0.145. The van der Waals surface area contributed by atoms with Gasteiger partial charge in [0.05, 0.1) is 17.6 Å². The number of rotatable bonds is 6. The third-order valence-electron chi connectivity index (χ3n) is 5.29. The van der Waals surface area contributed by atoms with Gasteiger partial charge in [0.25, 0.3) is 0 Å². The highest BCUT2D eigenvalue weighted by Gasteiger charge is 2.22. The van der Waals surface area contributed by atoms with Gasteiger partial charge in [-0.1, -0.05) is 24.6 Å². The molecule has 0 saturated carbocycles. The van der Waals surface area contributed by atoms with Gasteiger partial charge < -0.3 is 9.73 Å². The van der Waals surface area contributed by atoms with Crippen LogP contribution in [0.2, 0.25) is 0 Å². The maximum absolute atomic E-state index is 12.7. The summed E-state index contributed by atoms with van der Waals surface area (Å²) >= 11 is 2.89. The van der Waals surface area contributed by atoms with Crippen molar-refractivity contribution in [1.29, 1.82) is 5.26 Å². The average molecular weight is 456 g/mol. The highest BCUT2D eigenvalue weighted by molar-refractivity contribution is 7.99. The molecule has 0 fully saturated rings. The van der Waals surface area contributed by atoms with E-state index in [4.69, 9.17) is 4.42 Å². The number of aryl methyl sites for hydroxylation is 1. The maximum atomic E-state index is 12.7. The third-order valence-corrected chi connectivity index (χ3v) is 7.44. The molecule has 3 aromatic rings. The summed E-state index contributed by atoms with van der Waals surface area (Å²) in [6, 6.07) is 6.10. The molecule has 7 nitrogen and oxygen atoms in total. The lowest BCUT2D eigenvalue weighted by molar-refractivity contribution is -0.113. The number of aromatic nitrogens is 3. The van der Waals surface area contributed by atoms with E-state index in [1.807, 2.05) is 30.5 Å². The molecule has 0 bridgehead atoms. The lowest BCUT2D eigenvalue weighted by Crippen LogP contribution is -2.15. The predicted molar refractivity (Wildman–Crippen MR) is 122 cm³/mol. The zero-order valence-electron chi connectivity index (χ0n) is 17.7. The molecule has 0 radical (unpaired) electrons. The normalized spacial score (nSPS) is 14.0.